The summed E-state index contributed by atoms with van der Waals surface area (Å²) in [7, 11) is 0. The predicted molar refractivity (Wildman–Crippen MR) is 396 cm³/mol. The monoisotopic (exact) mass is 1340 g/mol. The maximum atomic E-state index is 13.3. The van der Waals surface area contributed by atoms with Crippen LogP contribution in [0.25, 0.3) is 0 Å². The van der Waals surface area contributed by atoms with Crippen LogP contribution in [-0.4, -0.2) is 140 Å². The van der Waals surface area contributed by atoms with Crippen molar-refractivity contribution < 1.29 is 64.6 Å². The van der Waals surface area contributed by atoms with E-state index in [-0.39, 0.29) is 18.9 Å². The van der Waals surface area contributed by atoms with Crippen molar-refractivity contribution in [2.75, 3.05) is 19.8 Å². The Hall–Kier alpha value is -4.39. The summed E-state index contributed by atoms with van der Waals surface area (Å²) >= 11 is 0. The van der Waals surface area contributed by atoms with E-state index in [4.69, 9.17) is 18.9 Å². The number of aliphatic hydroxyl groups excluding tert-OH is 8. The Morgan fingerprint density at radius 2 is 0.729 bits per heavy atom. The van der Waals surface area contributed by atoms with Gasteiger partial charge < -0.3 is 65.1 Å². The molecule has 2 fully saturated rings. The Labute approximate surface area is 582 Å². The first-order chi connectivity index (χ1) is 47.1. The average molecular weight is 1340 g/mol. The lowest BCUT2D eigenvalue weighted by molar-refractivity contribution is -0.359. The minimum Gasteiger partial charge on any atom is -0.394 e. The van der Waals surface area contributed by atoms with Crippen LogP contribution >= 0.6 is 0 Å². The van der Waals surface area contributed by atoms with Gasteiger partial charge in [-0.3, -0.25) is 4.79 Å². The van der Waals surface area contributed by atoms with Crippen LogP contribution in [0.15, 0.2) is 158 Å². The fraction of sp³-hybridized carbons (Fsp3) is 0.671. The molecular formula is C82H135NO13. The molecule has 14 heteroatoms. The van der Waals surface area contributed by atoms with Crippen molar-refractivity contribution >= 4 is 5.91 Å². The van der Waals surface area contributed by atoms with Gasteiger partial charge in [-0.05, 0) is 122 Å². The van der Waals surface area contributed by atoms with Gasteiger partial charge in [-0.25, -0.2) is 0 Å². The number of allylic oxidation sites excluding steroid dienone is 25. The molecule has 546 valence electrons. The number of hydrogen-bond donors (Lipinski definition) is 9. The smallest absolute Gasteiger partial charge is 0.220 e. The molecule has 0 bridgehead atoms. The van der Waals surface area contributed by atoms with E-state index in [9.17, 15) is 45.6 Å². The van der Waals surface area contributed by atoms with E-state index < -0.39 is 86.8 Å². The fourth-order valence-electron chi connectivity index (χ4n) is 11.2. The highest BCUT2D eigenvalue weighted by Crippen LogP contribution is 2.30. The summed E-state index contributed by atoms with van der Waals surface area (Å²) in [5.74, 6) is -0.283. The van der Waals surface area contributed by atoms with Crippen LogP contribution in [0.4, 0.5) is 0 Å². The largest absolute Gasteiger partial charge is 0.394 e. The average Bonchev–Trinajstić information content (AvgIpc) is 0.797. The van der Waals surface area contributed by atoms with Gasteiger partial charge in [0, 0.05) is 6.42 Å². The van der Waals surface area contributed by atoms with Crippen molar-refractivity contribution in [2.24, 2.45) is 0 Å². The maximum Gasteiger partial charge on any atom is 0.220 e. The lowest BCUT2D eigenvalue weighted by Crippen LogP contribution is -2.65. The summed E-state index contributed by atoms with van der Waals surface area (Å²) in [6.07, 6.45) is 81.6. The number of nitrogens with one attached hydrogen (secondary N) is 1. The molecule has 2 rings (SSSR count). The van der Waals surface area contributed by atoms with Crippen LogP contribution in [0.3, 0.4) is 0 Å². The molecule has 0 radical (unpaired) electrons. The van der Waals surface area contributed by atoms with Crippen LogP contribution in [0.1, 0.15) is 258 Å². The van der Waals surface area contributed by atoms with Crippen molar-refractivity contribution in [1.82, 2.24) is 5.32 Å². The van der Waals surface area contributed by atoms with Crippen molar-refractivity contribution in [3.05, 3.63) is 158 Å². The lowest BCUT2D eigenvalue weighted by atomic mass is 9.97. The molecule has 9 N–H and O–H groups in total. The third kappa shape index (κ3) is 46.8. The van der Waals surface area contributed by atoms with E-state index in [1.165, 1.54) is 109 Å². The van der Waals surface area contributed by atoms with Crippen molar-refractivity contribution in [3.63, 3.8) is 0 Å². The maximum absolute atomic E-state index is 13.3. The lowest BCUT2D eigenvalue weighted by Gasteiger charge is -2.46. The topological polar surface area (TPSA) is 228 Å². The molecule has 0 aromatic carbocycles. The van der Waals surface area contributed by atoms with Gasteiger partial charge in [0.15, 0.2) is 12.6 Å². The van der Waals surface area contributed by atoms with Crippen LogP contribution in [0.2, 0.25) is 0 Å². The Morgan fingerprint density at radius 3 is 1.15 bits per heavy atom. The SMILES string of the molecule is CC/C=C\C/C=C\C/C=C\C/C=C\C/C=C\C/C=C\C/C=C\C/C=C\C/C=C\C/C=C\CCCCCCC(=O)NC(COC1OC(CO)C(OC2OC(CO)C(O)C(O)C2O)C(O)C1O)C(O)/C=C/CC/C=C/CC/C=C/CCCCCCCCCCCCCCCCCCC. The normalized spacial score (nSPS) is 23.2. The quantitative estimate of drug-likeness (QED) is 0.0204. The molecule has 1 amide bonds. The van der Waals surface area contributed by atoms with Crippen LogP contribution in [0.5, 0.6) is 0 Å². The van der Waals surface area contributed by atoms with Gasteiger partial charge in [-0.15, -0.1) is 0 Å². The first-order valence-corrected chi connectivity index (χ1v) is 37.7. The van der Waals surface area contributed by atoms with E-state index in [1.54, 1.807) is 6.08 Å². The Kier molecular flexibility index (Phi) is 58.5. The van der Waals surface area contributed by atoms with E-state index in [0.29, 0.717) is 12.8 Å². The highest BCUT2D eigenvalue weighted by atomic mass is 16.7. The first-order valence-electron chi connectivity index (χ1n) is 37.7. The highest BCUT2D eigenvalue weighted by molar-refractivity contribution is 5.76. The summed E-state index contributed by atoms with van der Waals surface area (Å²) in [5.41, 5.74) is 0. The number of carbonyl (C=O) groups is 1. The number of unbranched alkanes of at least 4 members (excludes halogenated alkanes) is 23. The first kappa shape index (κ1) is 87.7. The summed E-state index contributed by atoms with van der Waals surface area (Å²) in [4.78, 5) is 13.3. The predicted octanol–water partition coefficient (Wildman–Crippen LogP) is 16.6. The zero-order chi connectivity index (χ0) is 69.4. The number of rotatable bonds is 60. The third-order valence-corrected chi connectivity index (χ3v) is 17.2. The summed E-state index contributed by atoms with van der Waals surface area (Å²) < 4.78 is 22.8. The molecule has 0 spiro atoms. The van der Waals surface area contributed by atoms with Gasteiger partial charge in [-0.2, -0.15) is 0 Å². The molecule has 0 aliphatic carbocycles. The highest BCUT2D eigenvalue weighted by Gasteiger charge is 2.51. The van der Waals surface area contributed by atoms with Gasteiger partial charge in [0.2, 0.25) is 5.91 Å². The summed E-state index contributed by atoms with van der Waals surface area (Å²) in [6, 6.07) is -0.966. The molecule has 96 heavy (non-hydrogen) atoms. The molecule has 2 aliphatic heterocycles. The molecular weight excluding hydrogens is 1210 g/mol. The van der Waals surface area contributed by atoms with Gasteiger partial charge in [-0.1, -0.05) is 287 Å². The number of hydrogen-bond acceptors (Lipinski definition) is 13. The molecule has 14 nitrogen and oxygen atoms in total. The minimum atomic E-state index is -1.80. The van der Waals surface area contributed by atoms with E-state index in [1.807, 2.05) is 6.08 Å². The Morgan fingerprint density at radius 1 is 0.385 bits per heavy atom. The second-order valence-corrected chi connectivity index (χ2v) is 25.7. The van der Waals surface area contributed by atoms with Gasteiger partial charge in [0.1, 0.15) is 48.8 Å². The summed E-state index contributed by atoms with van der Waals surface area (Å²) in [6.45, 7) is 2.65. The van der Waals surface area contributed by atoms with E-state index >= 15 is 0 Å². The zero-order valence-electron chi connectivity index (χ0n) is 59.5. The van der Waals surface area contributed by atoms with Crippen molar-refractivity contribution in [1.29, 1.82) is 0 Å². The number of aliphatic hydroxyl groups is 8. The van der Waals surface area contributed by atoms with Crippen molar-refractivity contribution in [3.8, 4) is 0 Å². The third-order valence-electron chi connectivity index (χ3n) is 17.2. The molecule has 2 aliphatic rings. The number of amides is 1. The van der Waals surface area contributed by atoms with Gasteiger partial charge >= 0.3 is 0 Å². The standard InChI is InChI=1S/C82H135NO13/c1-3-5-7-9-11-13-15-17-19-21-23-25-27-29-31-32-33-34-35-36-37-38-40-42-44-46-48-50-52-54-56-58-60-62-64-66-74(87)83-70(69-93-81-79(92)77(90)80(73(68-85)95-81)96-82-78(91)76(89)75(88)72(67-84)94-82)71(86)65-63-61-59-57-55-53-51-49-47-45-43-41-39-30-28-26-24-22-20-18-16-14-12-10-8-6-4-2/h5,7,11,13,17,19,23,25,29,31,33-34,36-37,40,42,46-49,52,54-55,57,63,65,70-73,75-82,84-86,88-92H,3-4,6,8-10,12,14-16,18,20-22,24,26-28,30,32,35,38-39,41,43-45,50-51,53,56,58-62,64,66-69H2,1-2H3,(H,83,87)/b7-5-,13-11-,19-17-,25-23-,31-29-,34-33-,37-36-,42-40-,48-46-,49-47+,54-52-,57-55+,65-63+. The minimum absolute atomic E-state index is 0.229. The summed E-state index contributed by atoms with van der Waals surface area (Å²) in [5, 5.41) is 87.5. The zero-order valence-corrected chi connectivity index (χ0v) is 59.5. The Bertz CT molecular complexity index is 2220. The van der Waals surface area contributed by atoms with Crippen LogP contribution < -0.4 is 5.32 Å². The second-order valence-electron chi connectivity index (χ2n) is 25.7. The van der Waals surface area contributed by atoms with E-state index in [0.717, 1.165) is 116 Å². The van der Waals surface area contributed by atoms with Crippen LogP contribution in [-0.2, 0) is 23.7 Å². The molecule has 0 aromatic heterocycles. The van der Waals surface area contributed by atoms with E-state index in [2.05, 4.69) is 165 Å². The van der Waals surface area contributed by atoms with Crippen molar-refractivity contribution in [2.45, 2.75) is 331 Å². The Balaban J connectivity index is 1.71. The number of ether oxygens (including phenoxy) is 4. The molecule has 2 saturated heterocycles. The molecule has 2 heterocycles. The second kappa shape index (κ2) is 64.0. The fourth-order valence-corrected chi connectivity index (χ4v) is 11.2. The number of carbonyl (C=O) groups excluding carboxylic acids is 1. The van der Waals surface area contributed by atoms with Gasteiger partial charge in [0.05, 0.1) is 32.0 Å². The molecule has 12 atom stereocenters. The molecule has 12 unspecified atom stereocenters. The van der Waals surface area contributed by atoms with Gasteiger partial charge in [0.25, 0.3) is 0 Å². The molecule has 0 aromatic rings. The van der Waals surface area contributed by atoms with Crippen LogP contribution in [0, 0.1) is 0 Å². The molecule has 0 saturated carbocycles.